The first kappa shape index (κ1) is 11.2. The Balaban J connectivity index is 3.00. The quantitative estimate of drug-likeness (QED) is 0.787. The molecule has 0 radical (unpaired) electrons. The molecule has 4 nitrogen and oxygen atoms in total. The van der Waals surface area contributed by atoms with Gasteiger partial charge in [-0.05, 0) is 13.3 Å². The summed E-state index contributed by atoms with van der Waals surface area (Å²) >= 11 is 0. The summed E-state index contributed by atoms with van der Waals surface area (Å²) in [5.74, 6) is 1.22. The molecule has 0 aliphatic rings. The van der Waals surface area contributed by atoms with Crippen LogP contribution >= 0.6 is 0 Å². The lowest BCUT2D eigenvalue weighted by Gasteiger charge is -2.17. The molecule has 0 saturated carbocycles. The van der Waals surface area contributed by atoms with E-state index in [0.717, 1.165) is 6.42 Å². The van der Waals surface area contributed by atoms with Gasteiger partial charge in [0.05, 0.1) is 5.54 Å². The third kappa shape index (κ3) is 2.12. The van der Waals surface area contributed by atoms with Gasteiger partial charge in [0.25, 0.3) is 0 Å². The van der Waals surface area contributed by atoms with Crippen molar-refractivity contribution >= 4 is 0 Å². The second kappa shape index (κ2) is 3.35. The molecule has 1 atom stereocenters. The van der Waals surface area contributed by atoms with Gasteiger partial charge in [-0.25, -0.2) is 0 Å². The third-order valence-corrected chi connectivity index (χ3v) is 2.31. The Labute approximate surface area is 84.9 Å². The Morgan fingerprint density at radius 1 is 1.29 bits per heavy atom. The number of aromatic nitrogens is 2. The molecule has 0 amide bonds. The second-order valence-electron chi connectivity index (χ2n) is 4.94. The highest BCUT2D eigenvalue weighted by Gasteiger charge is 2.28. The van der Waals surface area contributed by atoms with E-state index < -0.39 is 5.54 Å². The number of nitrogens with zero attached hydrogens (tertiary/aromatic N) is 2. The lowest BCUT2D eigenvalue weighted by atomic mass is 9.96. The van der Waals surface area contributed by atoms with Crippen molar-refractivity contribution in [2.24, 2.45) is 5.73 Å². The summed E-state index contributed by atoms with van der Waals surface area (Å²) in [4.78, 5) is 4.32. The molecule has 2 N–H and O–H groups in total. The van der Waals surface area contributed by atoms with E-state index in [-0.39, 0.29) is 5.41 Å². The molecule has 1 unspecified atom stereocenters. The highest BCUT2D eigenvalue weighted by molar-refractivity contribution is 5.05. The second-order valence-corrected chi connectivity index (χ2v) is 4.94. The molecule has 1 heterocycles. The molecule has 0 spiro atoms. The Morgan fingerprint density at radius 2 is 1.86 bits per heavy atom. The summed E-state index contributed by atoms with van der Waals surface area (Å²) < 4.78 is 5.18. The Morgan fingerprint density at radius 3 is 2.21 bits per heavy atom. The minimum absolute atomic E-state index is 0.116. The van der Waals surface area contributed by atoms with Crippen LogP contribution in [-0.4, -0.2) is 10.1 Å². The minimum atomic E-state index is -0.493. The number of nitrogens with two attached hydrogens (primary N) is 1. The van der Waals surface area contributed by atoms with Gasteiger partial charge in [0.1, 0.15) is 0 Å². The van der Waals surface area contributed by atoms with E-state index in [1.165, 1.54) is 0 Å². The van der Waals surface area contributed by atoms with Crippen LogP contribution in [0.2, 0.25) is 0 Å². The smallest absolute Gasteiger partial charge is 0.232 e. The molecule has 14 heavy (non-hydrogen) atoms. The summed E-state index contributed by atoms with van der Waals surface area (Å²) in [6, 6.07) is 0. The largest absolute Gasteiger partial charge is 0.339 e. The molecule has 0 saturated heterocycles. The zero-order valence-electron chi connectivity index (χ0n) is 9.59. The average Bonchev–Trinajstić information content (AvgIpc) is 2.51. The maximum Gasteiger partial charge on any atom is 0.232 e. The van der Waals surface area contributed by atoms with Crippen LogP contribution < -0.4 is 5.73 Å². The van der Waals surface area contributed by atoms with Crippen LogP contribution in [0.3, 0.4) is 0 Å². The van der Waals surface area contributed by atoms with E-state index in [1.54, 1.807) is 0 Å². The van der Waals surface area contributed by atoms with Crippen LogP contribution in [0.25, 0.3) is 0 Å². The Hall–Kier alpha value is -0.900. The van der Waals surface area contributed by atoms with Crippen molar-refractivity contribution in [3.8, 4) is 0 Å². The van der Waals surface area contributed by atoms with Crippen molar-refractivity contribution in [3.63, 3.8) is 0 Å². The topological polar surface area (TPSA) is 64.9 Å². The monoisotopic (exact) mass is 197 g/mol. The van der Waals surface area contributed by atoms with Crippen molar-refractivity contribution < 1.29 is 4.52 Å². The number of hydrogen-bond donors (Lipinski definition) is 1. The molecule has 1 aromatic heterocycles. The normalized spacial score (nSPS) is 16.7. The van der Waals surface area contributed by atoms with Crippen molar-refractivity contribution in [2.45, 2.75) is 52.0 Å². The van der Waals surface area contributed by atoms with Crippen LogP contribution in [0.1, 0.15) is 52.8 Å². The molecule has 0 fully saturated rings. The molecule has 0 aliphatic heterocycles. The fourth-order valence-electron chi connectivity index (χ4n) is 0.918. The van der Waals surface area contributed by atoms with E-state index in [2.05, 4.69) is 10.1 Å². The van der Waals surface area contributed by atoms with Crippen LogP contribution in [0, 0.1) is 0 Å². The van der Waals surface area contributed by atoms with E-state index >= 15 is 0 Å². The van der Waals surface area contributed by atoms with Crippen LogP contribution in [0.4, 0.5) is 0 Å². The summed E-state index contributed by atoms with van der Waals surface area (Å²) in [5, 5.41) is 3.91. The fraction of sp³-hybridized carbons (Fsp3) is 0.800. The van der Waals surface area contributed by atoms with Gasteiger partial charge in [0, 0.05) is 5.41 Å². The van der Waals surface area contributed by atoms with Gasteiger partial charge in [0.2, 0.25) is 5.89 Å². The molecule has 80 valence electrons. The molecule has 1 rings (SSSR count). The van der Waals surface area contributed by atoms with E-state index in [0.29, 0.717) is 11.7 Å². The van der Waals surface area contributed by atoms with Crippen LogP contribution in [0.5, 0.6) is 0 Å². The molecule has 0 aliphatic carbocycles. The van der Waals surface area contributed by atoms with Gasteiger partial charge in [-0.2, -0.15) is 4.98 Å². The number of rotatable bonds is 2. The van der Waals surface area contributed by atoms with Gasteiger partial charge in [-0.15, -0.1) is 0 Å². The zero-order chi connectivity index (χ0) is 11.0. The van der Waals surface area contributed by atoms with Gasteiger partial charge in [-0.1, -0.05) is 32.9 Å². The summed E-state index contributed by atoms with van der Waals surface area (Å²) in [6.45, 7) is 10.0. The third-order valence-electron chi connectivity index (χ3n) is 2.31. The van der Waals surface area contributed by atoms with Crippen LogP contribution in [-0.2, 0) is 11.0 Å². The Bertz CT molecular complexity index is 309. The lowest BCUT2D eigenvalue weighted by Crippen LogP contribution is -2.33. The molecule has 1 aromatic rings. The summed E-state index contributed by atoms with van der Waals surface area (Å²) in [5.41, 5.74) is 5.40. The highest BCUT2D eigenvalue weighted by Crippen LogP contribution is 2.24. The van der Waals surface area contributed by atoms with E-state index in [1.807, 2.05) is 34.6 Å². The van der Waals surface area contributed by atoms with Gasteiger partial charge < -0.3 is 10.3 Å². The molecular formula is C10H19N3O. The maximum absolute atomic E-state index is 6.01. The van der Waals surface area contributed by atoms with Crippen molar-refractivity contribution in [2.75, 3.05) is 0 Å². The molecule has 0 bridgehead atoms. The first-order valence-corrected chi connectivity index (χ1v) is 4.91. The SMILES string of the molecule is CCC(C)(N)c1noc(C(C)(C)C)n1. The van der Waals surface area contributed by atoms with Gasteiger partial charge in [0.15, 0.2) is 5.82 Å². The van der Waals surface area contributed by atoms with Crippen molar-refractivity contribution in [1.82, 2.24) is 10.1 Å². The first-order valence-electron chi connectivity index (χ1n) is 4.91. The van der Waals surface area contributed by atoms with E-state index in [4.69, 9.17) is 10.3 Å². The Kier molecular flexibility index (Phi) is 2.67. The molecular weight excluding hydrogens is 178 g/mol. The minimum Gasteiger partial charge on any atom is -0.339 e. The highest BCUT2D eigenvalue weighted by atomic mass is 16.5. The summed E-state index contributed by atoms with van der Waals surface area (Å²) in [7, 11) is 0. The predicted molar refractivity (Wildman–Crippen MR) is 54.8 cm³/mol. The van der Waals surface area contributed by atoms with Gasteiger partial charge >= 0.3 is 0 Å². The molecule has 4 heteroatoms. The fourth-order valence-corrected chi connectivity index (χ4v) is 0.918. The summed E-state index contributed by atoms with van der Waals surface area (Å²) in [6.07, 6.45) is 0.788. The van der Waals surface area contributed by atoms with Gasteiger partial charge in [-0.3, -0.25) is 0 Å². The van der Waals surface area contributed by atoms with Crippen LogP contribution in [0.15, 0.2) is 4.52 Å². The van der Waals surface area contributed by atoms with Crippen molar-refractivity contribution in [3.05, 3.63) is 11.7 Å². The molecule has 0 aromatic carbocycles. The van der Waals surface area contributed by atoms with Crippen molar-refractivity contribution in [1.29, 1.82) is 0 Å². The van der Waals surface area contributed by atoms with E-state index in [9.17, 15) is 0 Å². The average molecular weight is 197 g/mol. The standard InChI is InChI=1S/C10H19N3O/c1-6-10(5,11)7-12-8(14-13-7)9(2,3)4/h6,11H2,1-5H3. The number of hydrogen-bond acceptors (Lipinski definition) is 4. The maximum atomic E-state index is 6.01. The predicted octanol–water partition coefficient (Wildman–Crippen LogP) is 1.95. The lowest BCUT2D eigenvalue weighted by molar-refractivity contribution is 0.311. The first-order chi connectivity index (χ1) is 6.27. The zero-order valence-corrected chi connectivity index (χ0v) is 9.59.